The van der Waals surface area contributed by atoms with Crippen molar-refractivity contribution in [2.75, 3.05) is 0 Å². The van der Waals surface area contributed by atoms with Crippen molar-refractivity contribution in [2.24, 2.45) is 0 Å². The zero-order chi connectivity index (χ0) is 14.2. The van der Waals surface area contributed by atoms with Crippen molar-refractivity contribution in [3.05, 3.63) is 32.1 Å². The van der Waals surface area contributed by atoms with E-state index in [-0.39, 0.29) is 27.0 Å². The number of imide groups is 1. The van der Waals surface area contributed by atoms with Gasteiger partial charge in [-0.05, 0) is 34.7 Å². The van der Waals surface area contributed by atoms with Gasteiger partial charge >= 0.3 is 5.97 Å². The van der Waals surface area contributed by atoms with Gasteiger partial charge < -0.3 is 4.84 Å². The Hall–Kier alpha value is -1.22. The molecular weight excluding hydrogens is 391 g/mol. The van der Waals surface area contributed by atoms with Crippen LogP contribution in [0.15, 0.2) is 12.1 Å². The largest absolute Gasteiger partial charge is 0.365 e. The van der Waals surface area contributed by atoms with Crippen LogP contribution >= 0.6 is 34.2 Å². The second-order valence-electron chi connectivity index (χ2n) is 3.71. The van der Waals surface area contributed by atoms with Crippen LogP contribution in [-0.2, 0) is 14.4 Å². The molecule has 19 heavy (non-hydrogen) atoms. The average molecular weight is 398 g/mol. The summed E-state index contributed by atoms with van der Waals surface area (Å²) in [5, 5.41) is 0.261. The van der Waals surface area contributed by atoms with Crippen molar-refractivity contribution < 1.29 is 23.6 Å². The number of rotatable bonds is 2. The Balaban J connectivity index is 2.23. The van der Waals surface area contributed by atoms with Gasteiger partial charge in [-0.3, -0.25) is 9.59 Å². The minimum atomic E-state index is -0.980. The summed E-state index contributed by atoms with van der Waals surface area (Å²) in [5.74, 6) is -2.74. The third kappa shape index (κ3) is 2.86. The van der Waals surface area contributed by atoms with Crippen molar-refractivity contribution in [3.8, 4) is 0 Å². The molecule has 1 saturated heterocycles. The maximum absolute atomic E-state index is 13.2. The number of hydrogen-bond donors (Lipinski definition) is 0. The number of hydrogen-bond acceptors (Lipinski definition) is 4. The van der Waals surface area contributed by atoms with E-state index >= 15 is 0 Å². The second-order valence-corrected chi connectivity index (χ2v) is 5.28. The minimum Gasteiger partial charge on any atom is -0.325 e. The van der Waals surface area contributed by atoms with Crippen LogP contribution in [0.5, 0.6) is 0 Å². The smallest absolute Gasteiger partial charge is 0.325 e. The summed E-state index contributed by atoms with van der Waals surface area (Å²) in [6.07, 6.45) is 0.00158. The van der Waals surface area contributed by atoms with Crippen LogP contribution in [-0.4, -0.2) is 22.8 Å². The van der Waals surface area contributed by atoms with E-state index < -0.39 is 23.6 Å². The van der Waals surface area contributed by atoms with E-state index in [0.717, 1.165) is 6.07 Å². The molecule has 1 fully saturated rings. The molecule has 0 aliphatic carbocycles. The van der Waals surface area contributed by atoms with Gasteiger partial charge in [0.25, 0.3) is 11.8 Å². The van der Waals surface area contributed by atoms with Crippen LogP contribution in [0.25, 0.3) is 0 Å². The van der Waals surface area contributed by atoms with Crippen LogP contribution < -0.4 is 0 Å². The molecule has 5 nitrogen and oxygen atoms in total. The standard InChI is InChI=1S/C11H6ClFINO4/c12-6-4-7(13)8(14)3-5(6)11(18)19-15-9(16)1-2-10(15)17/h3-4H,1-2H2. The van der Waals surface area contributed by atoms with Gasteiger partial charge in [-0.2, -0.15) is 0 Å². The molecule has 0 aromatic heterocycles. The van der Waals surface area contributed by atoms with E-state index in [9.17, 15) is 18.8 Å². The van der Waals surface area contributed by atoms with Crippen LogP contribution in [0.2, 0.25) is 5.02 Å². The Morgan fingerprint density at radius 3 is 2.47 bits per heavy atom. The first-order chi connectivity index (χ1) is 8.90. The summed E-state index contributed by atoms with van der Waals surface area (Å²) in [4.78, 5) is 39.1. The van der Waals surface area contributed by atoms with Crippen molar-refractivity contribution in [1.82, 2.24) is 5.06 Å². The van der Waals surface area contributed by atoms with Crippen molar-refractivity contribution in [3.63, 3.8) is 0 Å². The number of hydroxylamine groups is 2. The number of amides is 2. The fourth-order valence-electron chi connectivity index (χ4n) is 1.47. The zero-order valence-electron chi connectivity index (χ0n) is 9.28. The first-order valence-electron chi connectivity index (χ1n) is 5.13. The van der Waals surface area contributed by atoms with Crippen LogP contribution in [0.4, 0.5) is 4.39 Å². The highest BCUT2D eigenvalue weighted by Crippen LogP contribution is 2.24. The highest BCUT2D eigenvalue weighted by atomic mass is 127. The maximum atomic E-state index is 13.2. The summed E-state index contributed by atoms with van der Waals surface area (Å²) in [5.41, 5.74) is -0.111. The van der Waals surface area contributed by atoms with Crippen molar-refractivity contribution in [1.29, 1.82) is 0 Å². The Morgan fingerprint density at radius 1 is 1.32 bits per heavy atom. The van der Waals surface area contributed by atoms with Crippen LogP contribution in [0, 0.1) is 9.39 Å². The van der Waals surface area contributed by atoms with E-state index in [1.165, 1.54) is 6.07 Å². The Kier molecular flexibility index (Phi) is 4.04. The molecule has 100 valence electrons. The molecule has 1 aromatic carbocycles. The van der Waals surface area contributed by atoms with Gasteiger partial charge in [-0.1, -0.05) is 11.6 Å². The Labute approximate surface area is 125 Å². The number of benzene rings is 1. The summed E-state index contributed by atoms with van der Waals surface area (Å²) >= 11 is 7.41. The van der Waals surface area contributed by atoms with Gasteiger partial charge in [-0.25, -0.2) is 9.18 Å². The summed E-state index contributed by atoms with van der Waals surface area (Å²) in [6.45, 7) is 0. The number of nitrogens with zero attached hydrogens (tertiary/aromatic N) is 1. The minimum absolute atomic E-state index is 0.000791. The lowest BCUT2D eigenvalue weighted by molar-refractivity contribution is -0.172. The third-order valence-corrected chi connectivity index (χ3v) is 3.55. The monoisotopic (exact) mass is 397 g/mol. The van der Waals surface area contributed by atoms with Gasteiger partial charge in [0.05, 0.1) is 10.6 Å². The molecule has 8 heteroatoms. The first kappa shape index (κ1) is 14.2. The molecule has 2 amide bonds. The lowest BCUT2D eigenvalue weighted by atomic mass is 10.2. The summed E-state index contributed by atoms with van der Waals surface area (Å²) in [7, 11) is 0. The zero-order valence-corrected chi connectivity index (χ0v) is 12.2. The predicted molar refractivity (Wildman–Crippen MR) is 70.6 cm³/mol. The summed E-state index contributed by atoms with van der Waals surface area (Å²) < 4.78 is 13.4. The Bertz CT molecular complexity index is 576. The molecule has 0 bridgehead atoms. The van der Waals surface area contributed by atoms with Gasteiger partial charge in [0, 0.05) is 16.4 Å². The Morgan fingerprint density at radius 2 is 1.89 bits per heavy atom. The molecule has 0 radical (unpaired) electrons. The third-order valence-electron chi connectivity index (χ3n) is 2.41. The number of carbonyl (C=O) groups excluding carboxylic acids is 3. The lowest BCUT2D eigenvalue weighted by Gasteiger charge is -2.13. The van der Waals surface area contributed by atoms with Gasteiger partial charge in [-0.15, -0.1) is 5.06 Å². The lowest BCUT2D eigenvalue weighted by Crippen LogP contribution is -2.32. The van der Waals surface area contributed by atoms with E-state index in [1.807, 2.05) is 0 Å². The fourth-order valence-corrected chi connectivity index (χ4v) is 2.16. The normalized spacial score (nSPS) is 15.0. The molecule has 0 spiro atoms. The highest BCUT2D eigenvalue weighted by Gasteiger charge is 2.33. The molecule has 1 heterocycles. The molecule has 0 saturated carbocycles. The van der Waals surface area contributed by atoms with Gasteiger partial charge in [0.2, 0.25) is 0 Å². The van der Waals surface area contributed by atoms with Crippen LogP contribution in [0.3, 0.4) is 0 Å². The number of halogens is 3. The molecule has 1 aromatic rings. The molecule has 0 unspecified atom stereocenters. The summed E-state index contributed by atoms with van der Waals surface area (Å²) in [6, 6.07) is 2.15. The molecule has 1 aliphatic rings. The second kappa shape index (κ2) is 5.41. The SMILES string of the molecule is O=C(ON1C(=O)CCC1=O)c1cc(I)c(F)cc1Cl. The first-order valence-corrected chi connectivity index (χ1v) is 6.58. The molecular formula is C11H6ClFINO4. The van der Waals surface area contributed by atoms with Gasteiger partial charge in [0.15, 0.2) is 0 Å². The molecule has 0 N–H and O–H groups in total. The van der Waals surface area contributed by atoms with Crippen LogP contribution in [0.1, 0.15) is 23.2 Å². The predicted octanol–water partition coefficient (Wildman–Crippen LogP) is 2.30. The van der Waals surface area contributed by atoms with Gasteiger partial charge in [0.1, 0.15) is 5.82 Å². The quantitative estimate of drug-likeness (QED) is 0.436. The number of carbonyl (C=O) groups is 3. The molecule has 1 aliphatic heterocycles. The van der Waals surface area contributed by atoms with E-state index in [0.29, 0.717) is 5.06 Å². The van der Waals surface area contributed by atoms with Crippen molar-refractivity contribution in [2.45, 2.75) is 12.8 Å². The average Bonchev–Trinajstić information content (AvgIpc) is 2.65. The van der Waals surface area contributed by atoms with E-state index in [1.54, 1.807) is 22.6 Å². The molecule has 2 rings (SSSR count). The molecule has 0 atom stereocenters. The maximum Gasteiger partial charge on any atom is 0.365 e. The highest BCUT2D eigenvalue weighted by molar-refractivity contribution is 14.1. The fraction of sp³-hybridized carbons (Fsp3) is 0.182. The van der Waals surface area contributed by atoms with E-state index in [4.69, 9.17) is 11.6 Å². The van der Waals surface area contributed by atoms with E-state index in [2.05, 4.69) is 4.84 Å². The van der Waals surface area contributed by atoms with Crippen molar-refractivity contribution >= 4 is 52.0 Å². The topological polar surface area (TPSA) is 63.7 Å².